The maximum atomic E-state index is 11.1. The van der Waals surface area contributed by atoms with E-state index in [-0.39, 0.29) is 11.9 Å². The lowest BCUT2D eigenvalue weighted by Crippen LogP contribution is -2.30. The van der Waals surface area contributed by atoms with Crippen molar-refractivity contribution in [3.63, 3.8) is 0 Å². The molecule has 5 nitrogen and oxygen atoms in total. The number of hydrogen-bond acceptors (Lipinski definition) is 5. The number of nitrogens with one attached hydrogen (secondary N) is 1. The zero-order valence-corrected chi connectivity index (χ0v) is 9.67. The molecule has 5 N–H and O–H groups in total. The summed E-state index contributed by atoms with van der Waals surface area (Å²) in [7, 11) is 0. The number of carbonyl (C=O) groups is 1. The lowest BCUT2D eigenvalue weighted by Gasteiger charge is -2.10. The van der Waals surface area contributed by atoms with Gasteiger partial charge in [0.2, 0.25) is 0 Å². The second-order valence-corrected chi connectivity index (χ2v) is 4.67. The summed E-state index contributed by atoms with van der Waals surface area (Å²) < 4.78 is 0. The summed E-state index contributed by atoms with van der Waals surface area (Å²) in [6.45, 7) is 4.20. The Labute approximate surface area is 92.8 Å². The fraction of sp³-hybridized carbons (Fsp3) is 0.556. The Morgan fingerprint density at radius 3 is 2.87 bits per heavy atom. The maximum Gasteiger partial charge on any atom is 0.284 e. The molecule has 0 bridgehead atoms. The first-order valence-electron chi connectivity index (χ1n) is 4.76. The van der Waals surface area contributed by atoms with Gasteiger partial charge in [0.15, 0.2) is 0 Å². The molecule has 1 rings (SSSR count). The van der Waals surface area contributed by atoms with Crippen molar-refractivity contribution in [2.24, 2.45) is 17.5 Å². The molecule has 0 aliphatic carbocycles. The molecular formula is C9H16N4OS. The van der Waals surface area contributed by atoms with Crippen LogP contribution in [0.5, 0.6) is 0 Å². The van der Waals surface area contributed by atoms with Gasteiger partial charge >= 0.3 is 0 Å². The van der Waals surface area contributed by atoms with E-state index in [2.05, 4.69) is 18.8 Å². The molecule has 84 valence electrons. The van der Waals surface area contributed by atoms with E-state index < -0.39 is 0 Å². The summed E-state index contributed by atoms with van der Waals surface area (Å²) in [6, 6.07) is -0.102. The molecule has 0 aliphatic rings. The predicted octanol–water partition coefficient (Wildman–Crippen LogP) is 0.793. The minimum atomic E-state index is -0.380. The first kappa shape index (κ1) is 12.1. The van der Waals surface area contributed by atoms with E-state index in [1.54, 1.807) is 5.38 Å². The summed E-state index contributed by atoms with van der Waals surface area (Å²) in [4.78, 5) is 15.3. The SMILES string of the molecule is CC(C)C[C@H](N)c1nc(C(=O)NN)cs1. The topological polar surface area (TPSA) is 94.0 Å². The molecule has 0 aliphatic heterocycles. The van der Waals surface area contributed by atoms with Gasteiger partial charge in [-0.05, 0) is 12.3 Å². The third-order valence-corrected chi connectivity index (χ3v) is 2.90. The quantitative estimate of drug-likeness (QED) is 0.403. The zero-order valence-electron chi connectivity index (χ0n) is 8.86. The van der Waals surface area contributed by atoms with Crippen LogP contribution in [-0.2, 0) is 0 Å². The molecule has 1 aromatic rings. The van der Waals surface area contributed by atoms with E-state index in [0.717, 1.165) is 11.4 Å². The first-order chi connectivity index (χ1) is 7.04. The standard InChI is InChI=1S/C9H16N4OS/c1-5(2)3-6(10)9-12-7(4-15-9)8(14)13-11/h4-6H,3,10-11H2,1-2H3,(H,13,14)/t6-/m0/s1. The van der Waals surface area contributed by atoms with Crippen LogP contribution in [-0.4, -0.2) is 10.9 Å². The summed E-state index contributed by atoms with van der Waals surface area (Å²) in [5.74, 6) is 5.13. The van der Waals surface area contributed by atoms with Gasteiger partial charge in [-0.15, -0.1) is 11.3 Å². The summed E-state index contributed by atoms with van der Waals surface area (Å²) in [5, 5.41) is 2.44. The molecule has 6 heteroatoms. The summed E-state index contributed by atoms with van der Waals surface area (Å²) in [5.41, 5.74) is 8.30. The van der Waals surface area contributed by atoms with Gasteiger partial charge in [-0.2, -0.15) is 0 Å². The smallest absolute Gasteiger partial charge is 0.284 e. The Hall–Kier alpha value is -0.980. The van der Waals surface area contributed by atoms with Crippen LogP contribution in [0.25, 0.3) is 0 Å². The Balaban J connectivity index is 2.71. The van der Waals surface area contributed by atoms with Gasteiger partial charge in [0.05, 0.1) is 6.04 Å². The normalized spacial score (nSPS) is 12.9. The Bertz CT molecular complexity index is 337. The number of nitrogens with zero attached hydrogens (tertiary/aromatic N) is 1. The number of amides is 1. The molecule has 1 aromatic heterocycles. The zero-order chi connectivity index (χ0) is 11.4. The number of hydrazine groups is 1. The molecule has 15 heavy (non-hydrogen) atoms. The monoisotopic (exact) mass is 228 g/mol. The van der Waals surface area contributed by atoms with Crippen LogP contribution in [0.2, 0.25) is 0 Å². The molecule has 0 aromatic carbocycles. The van der Waals surface area contributed by atoms with Crippen LogP contribution in [0.4, 0.5) is 0 Å². The second kappa shape index (κ2) is 5.20. The number of rotatable bonds is 4. The Morgan fingerprint density at radius 1 is 1.67 bits per heavy atom. The van der Waals surface area contributed by atoms with Gasteiger partial charge in [0, 0.05) is 5.38 Å². The van der Waals surface area contributed by atoms with E-state index in [9.17, 15) is 4.79 Å². The van der Waals surface area contributed by atoms with Crippen molar-refractivity contribution in [2.75, 3.05) is 0 Å². The average molecular weight is 228 g/mol. The van der Waals surface area contributed by atoms with Gasteiger partial charge < -0.3 is 5.73 Å². The molecule has 0 spiro atoms. The van der Waals surface area contributed by atoms with Crippen molar-refractivity contribution in [2.45, 2.75) is 26.3 Å². The van der Waals surface area contributed by atoms with Crippen molar-refractivity contribution < 1.29 is 4.79 Å². The third-order valence-electron chi connectivity index (χ3n) is 1.93. The number of thiazole rings is 1. The van der Waals surface area contributed by atoms with E-state index in [1.165, 1.54) is 11.3 Å². The first-order valence-corrected chi connectivity index (χ1v) is 5.64. The molecule has 0 fully saturated rings. The van der Waals surface area contributed by atoms with Gasteiger partial charge in [-0.3, -0.25) is 10.2 Å². The van der Waals surface area contributed by atoms with Gasteiger partial charge in [-0.25, -0.2) is 10.8 Å². The largest absolute Gasteiger partial charge is 0.322 e. The minimum absolute atomic E-state index is 0.102. The van der Waals surface area contributed by atoms with Gasteiger partial charge in [-0.1, -0.05) is 13.8 Å². The van der Waals surface area contributed by atoms with Gasteiger partial charge in [0.1, 0.15) is 10.7 Å². The van der Waals surface area contributed by atoms with Crippen molar-refractivity contribution in [3.8, 4) is 0 Å². The van der Waals surface area contributed by atoms with Crippen LogP contribution in [0, 0.1) is 5.92 Å². The van der Waals surface area contributed by atoms with Crippen molar-refractivity contribution >= 4 is 17.2 Å². The Kier molecular flexibility index (Phi) is 4.19. The minimum Gasteiger partial charge on any atom is -0.322 e. The number of hydrogen-bond donors (Lipinski definition) is 3. The molecule has 1 atom stereocenters. The van der Waals surface area contributed by atoms with Crippen LogP contribution in [0.3, 0.4) is 0 Å². The molecule has 0 radical (unpaired) electrons. The molecule has 1 heterocycles. The highest BCUT2D eigenvalue weighted by Crippen LogP contribution is 2.22. The van der Waals surface area contributed by atoms with Gasteiger partial charge in [0.25, 0.3) is 5.91 Å². The lowest BCUT2D eigenvalue weighted by molar-refractivity contribution is 0.0949. The fourth-order valence-electron chi connectivity index (χ4n) is 1.24. The molecule has 0 saturated heterocycles. The second-order valence-electron chi connectivity index (χ2n) is 3.78. The highest BCUT2D eigenvalue weighted by Gasteiger charge is 2.15. The number of nitrogen functional groups attached to an aromatic ring is 1. The van der Waals surface area contributed by atoms with Crippen LogP contribution in [0.1, 0.15) is 41.8 Å². The van der Waals surface area contributed by atoms with Crippen LogP contribution >= 0.6 is 11.3 Å². The van der Waals surface area contributed by atoms with Crippen LogP contribution < -0.4 is 17.0 Å². The predicted molar refractivity (Wildman–Crippen MR) is 60.2 cm³/mol. The highest BCUT2D eigenvalue weighted by molar-refractivity contribution is 7.09. The molecular weight excluding hydrogens is 212 g/mol. The van der Waals surface area contributed by atoms with Crippen LogP contribution in [0.15, 0.2) is 5.38 Å². The van der Waals surface area contributed by atoms with E-state index in [4.69, 9.17) is 11.6 Å². The number of nitrogens with two attached hydrogens (primary N) is 2. The number of carbonyl (C=O) groups excluding carboxylic acids is 1. The summed E-state index contributed by atoms with van der Waals surface area (Å²) in [6.07, 6.45) is 0.858. The van der Waals surface area contributed by atoms with Crippen molar-refractivity contribution in [3.05, 3.63) is 16.1 Å². The van der Waals surface area contributed by atoms with Crippen molar-refractivity contribution in [1.82, 2.24) is 10.4 Å². The molecule has 0 saturated carbocycles. The maximum absolute atomic E-state index is 11.1. The van der Waals surface area contributed by atoms with E-state index >= 15 is 0 Å². The van der Waals surface area contributed by atoms with Crippen molar-refractivity contribution in [1.29, 1.82) is 0 Å². The van der Waals surface area contributed by atoms with E-state index in [1.807, 2.05) is 5.43 Å². The third kappa shape index (κ3) is 3.26. The fourth-order valence-corrected chi connectivity index (χ4v) is 2.06. The van der Waals surface area contributed by atoms with E-state index in [0.29, 0.717) is 11.6 Å². The number of aromatic nitrogens is 1. The average Bonchev–Trinajstić information content (AvgIpc) is 2.64. The molecule has 1 amide bonds. The Morgan fingerprint density at radius 2 is 2.33 bits per heavy atom. The summed E-state index contributed by atoms with van der Waals surface area (Å²) >= 11 is 1.39. The lowest BCUT2D eigenvalue weighted by atomic mass is 10.1. The highest BCUT2D eigenvalue weighted by atomic mass is 32.1. The molecule has 0 unspecified atom stereocenters.